The van der Waals surface area contributed by atoms with E-state index in [1.807, 2.05) is 13.0 Å². The Morgan fingerprint density at radius 3 is 2.50 bits per heavy atom. The topological polar surface area (TPSA) is 67.6 Å². The van der Waals surface area contributed by atoms with Gasteiger partial charge in [0, 0.05) is 16.6 Å². The molecule has 1 fully saturated rings. The van der Waals surface area contributed by atoms with E-state index in [4.69, 9.17) is 16.0 Å². The average Bonchev–Trinajstić information content (AvgIpc) is 3.10. The third-order valence-corrected chi connectivity index (χ3v) is 6.13. The van der Waals surface area contributed by atoms with E-state index in [0.29, 0.717) is 22.8 Å². The van der Waals surface area contributed by atoms with Crippen molar-refractivity contribution in [1.29, 1.82) is 0 Å². The molecule has 0 aliphatic carbocycles. The van der Waals surface area contributed by atoms with Crippen LogP contribution >= 0.6 is 11.6 Å². The summed E-state index contributed by atoms with van der Waals surface area (Å²) >= 11 is 5.87. The van der Waals surface area contributed by atoms with Gasteiger partial charge in [0.2, 0.25) is 0 Å². The minimum Gasteiger partial charge on any atom is -0.464 e. The molecule has 1 saturated heterocycles. The standard InChI is InChI=1S/C17H18ClNO4S/c1-12-2-7-16(23-12)10-19(15-8-9-24(21,22)11-15)17(20)13-3-5-14(18)6-4-13/h2-7,15H,8-11H2,1H3/t15-/m1/s1. The summed E-state index contributed by atoms with van der Waals surface area (Å²) in [7, 11) is -3.10. The molecule has 0 saturated carbocycles. The summed E-state index contributed by atoms with van der Waals surface area (Å²) in [5, 5.41) is 0.545. The molecule has 2 heterocycles. The molecule has 3 rings (SSSR count). The highest BCUT2D eigenvalue weighted by molar-refractivity contribution is 7.91. The van der Waals surface area contributed by atoms with Crippen LogP contribution in [0.25, 0.3) is 0 Å². The number of hydrogen-bond acceptors (Lipinski definition) is 4. The van der Waals surface area contributed by atoms with Crippen LogP contribution in [0, 0.1) is 6.92 Å². The van der Waals surface area contributed by atoms with E-state index in [-0.39, 0.29) is 30.0 Å². The molecule has 24 heavy (non-hydrogen) atoms. The second-order valence-electron chi connectivity index (χ2n) is 6.01. The fourth-order valence-corrected chi connectivity index (χ4v) is 4.74. The first-order valence-corrected chi connectivity index (χ1v) is 9.86. The maximum absolute atomic E-state index is 12.9. The number of nitrogens with zero attached hydrogens (tertiary/aromatic N) is 1. The van der Waals surface area contributed by atoms with E-state index in [1.54, 1.807) is 35.2 Å². The summed E-state index contributed by atoms with van der Waals surface area (Å²) in [6, 6.07) is 9.88. The van der Waals surface area contributed by atoms with Gasteiger partial charge in [-0.1, -0.05) is 11.6 Å². The number of rotatable bonds is 4. The Bertz CT molecular complexity index is 842. The molecular weight excluding hydrogens is 350 g/mol. The molecule has 0 unspecified atom stereocenters. The van der Waals surface area contributed by atoms with Crippen LogP contribution in [0.4, 0.5) is 0 Å². The molecule has 1 aliphatic heterocycles. The lowest BCUT2D eigenvalue weighted by Gasteiger charge is -2.27. The fourth-order valence-electron chi connectivity index (χ4n) is 2.88. The van der Waals surface area contributed by atoms with Gasteiger partial charge in [-0.25, -0.2) is 8.42 Å². The van der Waals surface area contributed by atoms with Gasteiger partial charge < -0.3 is 9.32 Å². The first-order valence-electron chi connectivity index (χ1n) is 7.66. The van der Waals surface area contributed by atoms with E-state index < -0.39 is 9.84 Å². The van der Waals surface area contributed by atoms with Crippen molar-refractivity contribution in [1.82, 2.24) is 4.90 Å². The SMILES string of the molecule is Cc1ccc(CN(C(=O)c2ccc(Cl)cc2)[C@@H]2CCS(=O)(=O)C2)o1. The lowest BCUT2D eigenvalue weighted by molar-refractivity contribution is 0.0665. The molecule has 2 aromatic rings. The van der Waals surface area contributed by atoms with Crippen LogP contribution in [0.3, 0.4) is 0 Å². The van der Waals surface area contributed by atoms with Crippen molar-refractivity contribution >= 4 is 27.3 Å². The Morgan fingerprint density at radius 2 is 1.96 bits per heavy atom. The van der Waals surface area contributed by atoms with Gasteiger partial charge in [-0.2, -0.15) is 0 Å². The molecule has 128 valence electrons. The Kier molecular flexibility index (Phi) is 4.69. The third kappa shape index (κ3) is 3.82. The number of carbonyl (C=O) groups is 1. The Balaban J connectivity index is 1.88. The summed E-state index contributed by atoms with van der Waals surface area (Å²) in [5.74, 6) is 1.27. The van der Waals surface area contributed by atoms with Crippen molar-refractivity contribution in [3.05, 3.63) is 58.5 Å². The van der Waals surface area contributed by atoms with Crippen LogP contribution in [0.1, 0.15) is 28.3 Å². The van der Waals surface area contributed by atoms with Crippen LogP contribution in [0.5, 0.6) is 0 Å². The van der Waals surface area contributed by atoms with Crippen LogP contribution in [0.2, 0.25) is 5.02 Å². The van der Waals surface area contributed by atoms with Crippen molar-refractivity contribution in [2.75, 3.05) is 11.5 Å². The van der Waals surface area contributed by atoms with Crippen molar-refractivity contribution in [2.45, 2.75) is 25.9 Å². The summed E-state index contributed by atoms with van der Waals surface area (Å²) in [6.45, 7) is 2.07. The molecule has 1 amide bonds. The second-order valence-corrected chi connectivity index (χ2v) is 8.67. The number of hydrogen-bond donors (Lipinski definition) is 0. The zero-order valence-electron chi connectivity index (χ0n) is 13.2. The van der Waals surface area contributed by atoms with Crippen molar-refractivity contribution in [3.63, 3.8) is 0 Å². The molecule has 1 aromatic carbocycles. The maximum atomic E-state index is 12.9. The van der Waals surface area contributed by atoms with Crippen molar-refractivity contribution < 1.29 is 17.6 Å². The highest BCUT2D eigenvalue weighted by Crippen LogP contribution is 2.23. The highest BCUT2D eigenvalue weighted by atomic mass is 35.5. The maximum Gasteiger partial charge on any atom is 0.254 e. The van der Waals surface area contributed by atoms with Crippen LogP contribution in [-0.4, -0.2) is 36.8 Å². The minimum absolute atomic E-state index is 0.00792. The number of amides is 1. The quantitative estimate of drug-likeness (QED) is 0.832. The minimum atomic E-state index is -3.10. The van der Waals surface area contributed by atoms with Gasteiger partial charge in [0.15, 0.2) is 9.84 Å². The van der Waals surface area contributed by atoms with E-state index >= 15 is 0 Å². The van der Waals surface area contributed by atoms with Crippen molar-refractivity contribution in [2.24, 2.45) is 0 Å². The van der Waals surface area contributed by atoms with Crippen LogP contribution in [-0.2, 0) is 16.4 Å². The van der Waals surface area contributed by atoms with E-state index in [9.17, 15) is 13.2 Å². The lowest BCUT2D eigenvalue weighted by Crippen LogP contribution is -2.40. The summed E-state index contributed by atoms with van der Waals surface area (Å²) in [5.41, 5.74) is 0.479. The molecule has 1 aromatic heterocycles. The summed E-state index contributed by atoms with van der Waals surface area (Å²) < 4.78 is 29.2. The molecule has 0 spiro atoms. The summed E-state index contributed by atoms with van der Waals surface area (Å²) in [4.78, 5) is 14.5. The monoisotopic (exact) mass is 367 g/mol. The normalized spacial score (nSPS) is 19.3. The number of sulfone groups is 1. The Labute approximate surface area is 146 Å². The molecule has 1 aliphatic rings. The largest absolute Gasteiger partial charge is 0.464 e. The lowest BCUT2D eigenvalue weighted by atomic mass is 10.1. The second kappa shape index (κ2) is 6.61. The molecule has 1 atom stereocenters. The van der Waals surface area contributed by atoms with E-state index in [0.717, 1.165) is 5.76 Å². The summed E-state index contributed by atoms with van der Waals surface area (Å²) in [6.07, 6.45) is 0.446. The average molecular weight is 368 g/mol. The predicted octanol–water partition coefficient (Wildman–Crippen LogP) is 3.07. The number of halogens is 1. The zero-order valence-corrected chi connectivity index (χ0v) is 14.8. The molecule has 7 heteroatoms. The van der Waals surface area contributed by atoms with Gasteiger partial charge in [-0.3, -0.25) is 4.79 Å². The molecule has 0 radical (unpaired) electrons. The third-order valence-electron chi connectivity index (χ3n) is 4.12. The molecular formula is C17H18ClNO4S. The highest BCUT2D eigenvalue weighted by Gasteiger charge is 2.35. The molecule has 0 N–H and O–H groups in total. The van der Waals surface area contributed by atoms with E-state index in [2.05, 4.69) is 0 Å². The number of carbonyl (C=O) groups excluding carboxylic acids is 1. The predicted molar refractivity (Wildman–Crippen MR) is 91.8 cm³/mol. The molecule has 0 bridgehead atoms. The van der Waals surface area contributed by atoms with Crippen LogP contribution < -0.4 is 0 Å². The number of benzene rings is 1. The first-order chi connectivity index (χ1) is 11.3. The number of furan rings is 1. The van der Waals surface area contributed by atoms with Crippen LogP contribution in [0.15, 0.2) is 40.8 Å². The van der Waals surface area contributed by atoms with Gasteiger partial charge in [0.25, 0.3) is 5.91 Å². The van der Waals surface area contributed by atoms with Gasteiger partial charge >= 0.3 is 0 Å². The van der Waals surface area contributed by atoms with Crippen molar-refractivity contribution in [3.8, 4) is 0 Å². The Morgan fingerprint density at radius 1 is 1.25 bits per heavy atom. The first kappa shape index (κ1) is 17.0. The fraction of sp³-hybridized carbons (Fsp3) is 0.353. The number of aryl methyl sites for hydroxylation is 1. The Hall–Kier alpha value is -1.79. The van der Waals surface area contributed by atoms with Gasteiger partial charge in [0.05, 0.1) is 18.1 Å². The van der Waals surface area contributed by atoms with Gasteiger partial charge in [-0.15, -0.1) is 0 Å². The smallest absolute Gasteiger partial charge is 0.254 e. The van der Waals surface area contributed by atoms with E-state index in [1.165, 1.54) is 0 Å². The van der Waals surface area contributed by atoms with Gasteiger partial charge in [0.1, 0.15) is 11.5 Å². The molecule has 5 nitrogen and oxygen atoms in total. The van der Waals surface area contributed by atoms with Gasteiger partial charge in [-0.05, 0) is 49.7 Å². The zero-order chi connectivity index (χ0) is 17.3.